The van der Waals surface area contributed by atoms with E-state index < -0.39 is 15.1 Å². The van der Waals surface area contributed by atoms with Crippen molar-refractivity contribution < 1.29 is 8.42 Å². The van der Waals surface area contributed by atoms with Gasteiger partial charge in [-0.05, 0) is 51.8 Å². The molecule has 0 amide bonds. The van der Waals surface area contributed by atoms with Gasteiger partial charge < -0.3 is 5.32 Å². The van der Waals surface area contributed by atoms with Crippen LogP contribution in [-0.4, -0.2) is 26.5 Å². The first-order chi connectivity index (χ1) is 9.36. The van der Waals surface area contributed by atoms with E-state index in [1.54, 1.807) is 18.3 Å². The van der Waals surface area contributed by atoms with Gasteiger partial charge in [0.2, 0.25) is 0 Å². The summed E-state index contributed by atoms with van der Waals surface area (Å²) in [5.41, 5.74) is 1.06. The summed E-state index contributed by atoms with van der Waals surface area (Å²) in [6.07, 6.45) is 1.30. The molecule has 0 bridgehead atoms. The number of halogens is 1. The first-order valence-corrected chi connectivity index (χ1v) is 10.1. The molecule has 110 valence electrons. The summed E-state index contributed by atoms with van der Waals surface area (Å²) in [5.74, 6) is 0. The minimum absolute atomic E-state index is 0.182. The second-order valence-electron chi connectivity index (χ2n) is 4.88. The van der Waals surface area contributed by atoms with E-state index in [0.717, 1.165) is 26.7 Å². The van der Waals surface area contributed by atoms with Crippen molar-refractivity contribution in [2.45, 2.75) is 25.1 Å². The molecule has 0 aliphatic carbocycles. The molecule has 0 saturated heterocycles. The van der Waals surface area contributed by atoms with Crippen LogP contribution in [0.2, 0.25) is 0 Å². The number of nitrogens with one attached hydrogen (secondary N) is 1. The Morgan fingerprint density at radius 1 is 1.40 bits per heavy atom. The quantitative estimate of drug-likeness (QED) is 0.865. The smallest absolute Gasteiger partial charge is 0.151 e. The SMILES string of the molecule is CCNC(c1csc2c(Br)cccc12)C(C)S(C)(=O)=O. The topological polar surface area (TPSA) is 46.2 Å². The molecule has 0 radical (unpaired) electrons. The van der Waals surface area contributed by atoms with E-state index in [2.05, 4.69) is 26.6 Å². The molecule has 0 saturated carbocycles. The monoisotopic (exact) mass is 375 g/mol. The van der Waals surface area contributed by atoms with Gasteiger partial charge in [0.15, 0.2) is 9.84 Å². The van der Waals surface area contributed by atoms with Crippen LogP contribution in [0, 0.1) is 0 Å². The maximum atomic E-state index is 11.9. The number of rotatable bonds is 5. The van der Waals surface area contributed by atoms with E-state index in [1.807, 2.05) is 25.1 Å². The van der Waals surface area contributed by atoms with E-state index in [-0.39, 0.29) is 6.04 Å². The Morgan fingerprint density at radius 3 is 2.70 bits per heavy atom. The summed E-state index contributed by atoms with van der Waals surface area (Å²) >= 11 is 5.19. The molecule has 0 aliphatic heterocycles. The first kappa shape index (κ1) is 15.9. The van der Waals surface area contributed by atoms with Gasteiger partial charge in [-0.3, -0.25) is 0 Å². The van der Waals surface area contributed by atoms with E-state index in [0.29, 0.717) is 0 Å². The van der Waals surface area contributed by atoms with E-state index in [9.17, 15) is 8.42 Å². The van der Waals surface area contributed by atoms with Gasteiger partial charge in [0.05, 0.1) is 11.3 Å². The molecule has 1 heterocycles. The van der Waals surface area contributed by atoms with Crippen LogP contribution >= 0.6 is 27.3 Å². The third kappa shape index (κ3) is 3.08. The average Bonchev–Trinajstić information content (AvgIpc) is 2.79. The number of hydrogen-bond acceptors (Lipinski definition) is 4. The zero-order valence-corrected chi connectivity index (χ0v) is 14.9. The van der Waals surface area contributed by atoms with Crippen molar-refractivity contribution in [3.05, 3.63) is 33.6 Å². The lowest BCUT2D eigenvalue weighted by Gasteiger charge is -2.23. The third-order valence-electron chi connectivity index (χ3n) is 3.49. The summed E-state index contributed by atoms with van der Waals surface area (Å²) in [5, 5.41) is 6.03. The maximum absolute atomic E-state index is 11.9. The summed E-state index contributed by atoms with van der Waals surface area (Å²) < 4.78 is 26.0. The Labute approximate surface area is 132 Å². The van der Waals surface area contributed by atoms with Crippen LogP contribution in [0.5, 0.6) is 0 Å². The highest BCUT2D eigenvalue weighted by atomic mass is 79.9. The van der Waals surface area contributed by atoms with Crippen LogP contribution in [0.4, 0.5) is 0 Å². The Hall–Kier alpha value is -0.430. The number of thiophene rings is 1. The van der Waals surface area contributed by atoms with Crippen molar-refractivity contribution >= 4 is 47.2 Å². The molecule has 20 heavy (non-hydrogen) atoms. The highest BCUT2D eigenvalue weighted by Crippen LogP contribution is 2.37. The maximum Gasteiger partial charge on any atom is 0.151 e. The van der Waals surface area contributed by atoms with Crippen LogP contribution in [0.1, 0.15) is 25.5 Å². The van der Waals surface area contributed by atoms with Crippen LogP contribution in [0.15, 0.2) is 28.1 Å². The normalized spacial score (nSPS) is 15.4. The number of sulfone groups is 1. The van der Waals surface area contributed by atoms with Gasteiger partial charge in [-0.1, -0.05) is 19.1 Å². The molecule has 2 atom stereocenters. The number of fused-ring (bicyclic) bond motifs is 1. The molecule has 0 aliphatic rings. The first-order valence-electron chi connectivity index (χ1n) is 6.44. The molecular weight excluding hydrogens is 358 g/mol. The second-order valence-corrected chi connectivity index (χ2v) is 9.01. The number of benzene rings is 1. The average molecular weight is 376 g/mol. The highest BCUT2D eigenvalue weighted by molar-refractivity contribution is 9.10. The van der Waals surface area contributed by atoms with Crippen molar-refractivity contribution in [2.24, 2.45) is 0 Å². The van der Waals surface area contributed by atoms with Crippen molar-refractivity contribution in [3.63, 3.8) is 0 Å². The van der Waals surface area contributed by atoms with Crippen LogP contribution < -0.4 is 5.32 Å². The van der Waals surface area contributed by atoms with Gasteiger partial charge in [-0.2, -0.15) is 0 Å². The second kappa shape index (κ2) is 6.13. The standard InChI is InChI=1S/C14H18BrNO2S2/c1-4-16-13(9(2)20(3,17)18)11-8-19-14-10(11)6-5-7-12(14)15/h5-9,13,16H,4H2,1-3H3. The summed E-state index contributed by atoms with van der Waals surface area (Å²) in [6, 6.07) is 5.85. The minimum atomic E-state index is -3.10. The molecule has 1 N–H and O–H groups in total. The predicted octanol–water partition coefficient (Wildman–Crippen LogP) is 3.75. The third-order valence-corrected chi connectivity index (χ3v) is 7.08. The molecule has 6 heteroatoms. The summed E-state index contributed by atoms with van der Waals surface area (Å²) in [6.45, 7) is 4.49. The molecule has 3 nitrogen and oxygen atoms in total. The molecule has 1 aromatic carbocycles. The van der Waals surface area contributed by atoms with E-state index in [1.165, 1.54) is 6.26 Å². The van der Waals surface area contributed by atoms with Crippen molar-refractivity contribution in [2.75, 3.05) is 12.8 Å². The fourth-order valence-corrected chi connectivity index (χ4v) is 4.67. The Balaban J connectivity index is 2.55. The number of hydrogen-bond donors (Lipinski definition) is 1. The molecule has 2 unspecified atom stereocenters. The summed E-state index contributed by atoms with van der Waals surface area (Å²) in [4.78, 5) is 0. The van der Waals surface area contributed by atoms with Gasteiger partial charge in [-0.25, -0.2) is 8.42 Å². The van der Waals surface area contributed by atoms with E-state index >= 15 is 0 Å². The van der Waals surface area contributed by atoms with Gasteiger partial charge in [-0.15, -0.1) is 11.3 Å². The van der Waals surface area contributed by atoms with E-state index in [4.69, 9.17) is 0 Å². The van der Waals surface area contributed by atoms with Crippen molar-refractivity contribution in [3.8, 4) is 0 Å². The van der Waals surface area contributed by atoms with Crippen LogP contribution in [0.25, 0.3) is 10.1 Å². The summed E-state index contributed by atoms with van der Waals surface area (Å²) in [7, 11) is -3.10. The van der Waals surface area contributed by atoms with Crippen LogP contribution in [-0.2, 0) is 9.84 Å². The zero-order chi connectivity index (χ0) is 14.9. The largest absolute Gasteiger partial charge is 0.309 e. The van der Waals surface area contributed by atoms with Crippen molar-refractivity contribution in [1.82, 2.24) is 5.32 Å². The fraction of sp³-hybridized carbons (Fsp3) is 0.429. The molecule has 2 aromatic rings. The minimum Gasteiger partial charge on any atom is -0.309 e. The van der Waals surface area contributed by atoms with Gasteiger partial charge in [0.25, 0.3) is 0 Å². The molecular formula is C14H18BrNO2S2. The Kier molecular flexibility index (Phi) is 4.89. The Morgan fingerprint density at radius 2 is 2.10 bits per heavy atom. The fourth-order valence-electron chi connectivity index (χ4n) is 2.28. The molecule has 0 spiro atoms. The van der Waals surface area contributed by atoms with Gasteiger partial charge in [0, 0.05) is 15.4 Å². The molecule has 1 aromatic heterocycles. The van der Waals surface area contributed by atoms with Crippen molar-refractivity contribution in [1.29, 1.82) is 0 Å². The predicted molar refractivity (Wildman–Crippen MR) is 90.2 cm³/mol. The molecule has 0 fully saturated rings. The zero-order valence-electron chi connectivity index (χ0n) is 11.7. The molecule has 2 rings (SSSR count). The highest BCUT2D eigenvalue weighted by Gasteiger charge is 2.28. The van der Waals surface area contributed by atoms with Gasteiger partial charge in [0.1, 0.15) is 0 Å². The van der Waals surface area contributed by atoms with Gasteiger partial charge >= 0.3 is 0 Å². The lowest BCUT2D eigenvalue weighted by Crippen LogP contribution is -2.34. The lowest BCUT2D eigenvalue weighted by atomic mass is 10.0. The Bertz CT molecular complexity index is 709. The van der Waals surface area contributed by atoms with Crippen LogP contribution in [0.3, 0.4) is 0 Å². The lowest BCUT2D eigenvalue weighted by molar-refractivity contribution is 0.516.